The Morgan fingerprint density at radius 2 is 2.21 bits per heavy atom. The summed E-state index contributed by atoms with van der Waals surface area (Å²) in [6.45, 7) is 4.29. The number of nitrogens with zero attached hydrogens (tertiary/aromatic N) is 2. The first-order chi connectivity index (χ1) is 11.5. The van der Waals surface area contributed by atoms with Crippen LogP contribution in [0.2, 0.25) is 0 Å². The predicted molar refractivity (Wildman–Crippen MR) is 84.6 cm³/mol. The number of carbonyl (C=O) groups excluding carboxylic acids is 1. The molecular weight excluding hydrogens is 314 g/mol. The number of ether oxygens (including phenoxy) is 2. The molecule has 8 nitrogen and oxygen atoms in total. The van der Waals surface area contributed by atoms with Gasteiger partial charge in [0.1, 0.15) is 12.4 Å². The average molecular weight is 337 g/mol. The number of carbonyl (C=O) groups is 1. The van der Waals surface area contributed by atoms with Crippen LogP contribution in [-0.4, -0.2) is 71.3 Å². The lowest BCUT2D eigenvalue weighted by atomic mass is 10.1. The molecule has 8 heteroatoms. The second kappa shape index (κ2) is 7.04. The normalized spacial score (nSPS) is 23.6. The molecule has 1 aromatic rings. The fourth-order valence-corrected chi connectivity index (χ4v) is 3.01. The van der Waals surface area contributed by atoms with Crippen molar-refractivity contribution in [1.82, 2.24) is 15.3 Å². The zero-order valence-electron chi connectivity index (χ0n) is 13.8. The van der Waals surface area contributed by atoms with Gasteiger partial charge >= 0.3 is 0 Å². The van der Waals surface area contributed by atoms with Crippen LogP contribution in [0.3, 0.4) is 0 Å². The summed E-state index contributed by atoms with van der Waals surface area (Å²) in [7, 11) is 1.67. The summed E-state index contributed by atoms with van der Waals surface area (Å²) in [5.74, 6) is 0.0119. The van der Waals surface area contributed by atoms with Crippen molar-refractivity contribution in [2.24, 2.45) is 0 Å². The van der Waals surface area contributed by atoms with Crippen molar-refractivity contribution in [3.05, 3.63) is 29.3 Å². The smallest absolute Gasteiger partial charge is 0.274 e. The maximum Gasteiger partial charge on any atom is 0.274 e. The third-order valence-corrected chi connectivity index (χ3v) is 4.66. The number of benzene rings is 1. The Bertz CT molecular complexity index is 605. The van der Waals surface area contributed by atoms with Gasteiger partial charge in [0.25, 0.3) is 5.91 Å². The number of nitrogens with one attached hydrogen (secondary N) is 1. The molecule has 2 heterocycles. The monoisotopic (exact) mass is 337 g/mol. The van der Waals surface area contributed by atoms with Gasteiger partial charge < -0.3 is 14.6 Å². The first-order valence-corrected chi connectivity index (χ1v) is 7.94. The van der Waals surface area contributed by atoms with Crippen LogP contribution in [0.5, 0.6) is 5.75 Å². The lowest BCUT2D eigenvalue weighted by molar-refractivity contribution is -0.188. The third kappa shape index (κ3) is 3.24. The summed E-state index contributed by atoms with van der Waals surface area (Å²) in [4.78, 5) is 15.4. The standard InChI is InChI=1S/C16H23N3O5/c1-10-9-24-14-5-11(15(20)17-22)3-4-12(14)6-19(10)16(21)18-7-13(8-18)23-2/h3-5,10,13,16,21-22H,6-9H2,1-2H3,(H,17,20)/t10-,16?/m0/s1. The molecule has 1 fully saturated rings. The molecule has 0 radical (unpaired) electrons. The van der Waals surface area contributed by atoms with Crippen LogP contribution in [0.1, 0.15) is 22.8 Å². The molecule has 1 amide bonds. The van der Waals surface area contributed by atoms with Crippen molar-refractivity contribution in [2.45, 2.75) is 32.0 Å². The van der Waals surface area contributed by atoms with Gasteiger partial charge in [0, 0.05) is 43.9 Å². The Morgan fingerprint density at radius 3 is 2.88 bits per heavy atom. The summed E-state index contributed by atoms with van der Waals surface area (Å²) in [6, 6.07) is 5.02. The van der Waals surface area contributed by atoms with Gasteiger partial charge in [0.2, 0.25) is 0 Å². The highest BCUT2D eigenvalue weighted by atomic mass is 16.5. The van der Waals surface area contributed by atoms with Crippen molar-refractivity contribution >= 4 is 5.91 Å². The van der Waals surface area contributed by atoms with E-state index in [4.69, 9.17) is 14.7 Å². The van der Waals surface area contributed by atoms with Crippen LogP contribution in [0.25, 0.3) is 0 Å². The fourth-order valence-electron chi connectivity index (χ4n) is 3.01. The Labute approximate surface area is 140 Å². The number of fused-ring (bicyclic) bond motifs is 1. The molecule has 0 bridgehead atoms. The molecule has 3 N–H and O–H groups in total. The number of hydrogen-bond donors (Lipinski definition) is 3. The zero-order valence-corrected chi connectivity index (χ0v) is 13.8. The minimum atomic E-state index is -0.707. The SMILES string of the molecule is COC1CN(C(O)N2Cc3ccc(C(=O)NO)cc3OC[C@@H]2C)C1. The number of aliphatic hydroxyl groups excluding tert-OH is 1. The van der Waals surface area contributed by atoms with Gasteiger partial charge in [-0.05, 0) is 19.1 Å². The first-order valence-electron chi connectivity index (χ1n) is 7.94. The summed E-state index contributed by atoms with van der Waals surface area (Å²) in [6.07, 6.45) is -0.536. The van der Waals surface area contributed by atoms with E-state index < -0.39 is 12.3 Å². The van der Waals surface area contributed by atoms with E-state index in [0.717, 1.165) is 5.56 Å². The molecule has 3 rings (SSSR count). The minimum Gasteiger partial charge on any atom is -0.492 e. The predicted octanol–water partition coefficient (Wildman–Crippen LogP) is -0.00500. The molecule has 0 spiro atoms. The van der Waals surface area contributed by atoms with Crippen molar-refractivity contribution in [3.63, 3.8) is 0 Å². The van der Waals surface area contributed by atoms with Crippen LogP contribution >= 0.6 is 0 Å². The Balaban J connectivity index is 1.75. The molecule has 24 heavy (non-hydrogen) atoms. The highest BCUT2D eigenvalue weighted by Crippen LogP contribution is 2.29. The molecule has 1 aromatic carbocycles. The minimum absolute atomic E-state index is 0.00381. The van der Waals surface area contributed by atoms with Crippen molar-refractivity contribution in [2.75, 3.05) is 26.8 Å². The highest BCUT2D eigenvalue weighted by molar-refractivity contribution is 5.93. The summed E-state index contributed by atoms with van der Waals surface area (Å²) in [5.41, 5.74) is 2.82. The van der Waals surface area contributed by atoms with E-state index in [2.05, 4.69) is 0 Å². The second-order valence-electron chi connectivity index (χ2n) is 6.25. The lowest BCUT2D eigenvalue weighted by Crippen LogP contribution is -2.62. The third-order valence-electron chi connectivity index (χ3n) is 4.66. The second-order valence-corrected chi connectivity index (χ2v) is 6.25. The van der Waals surface area contributed by atoms with E-state index in [1.54, 1.807) is 30.8 Å². The zero-order chi connectivity index (χ0) is 17.3. The number of hydroxylamine groups is 1. The topological polar surface area (TPSA) is 94.5 Å². The Morgan fingerprint density at radius 1 is 1.46 bits per heavy atom. The fraction of sp³-hybridized carbons (Fsp3) is 0.562. The van der Waals surface area contributed by atoms with Crippen LogP contribution in [0.4, 0.5) is 0 Å². The summed E-state index contributed by atoms with van der Waals surface area (Å²) in [5, 5.41) is 19.4. The lowest BCUT2D eigenvalue weighted by Gasteiger charge is -2.45. The maximum atomic E-state index is 11.5. The first kappa shape index (κ1) is 17.1. The van der Waals surface area contributed by atoms with E-state index in [1.807, 2.05) is 16.7 Å². The quantitative estimate of drug-likeness (QED) is 0.526. The van der Waals surface area contributed by atoms with Crippen molar-refractivity contribution in [1.29, 1.82) is 0 Å². The molecule has 0 aliphatic carbocycles. The van der Waals surface area contributed by atoms with Gasteiger partial charge in [-0.3, -0.25) is 19.8 Å². The number of aliphatic hydroxyl groups is 1. The number of likely N-dealkylation sites (tertiary alicyclic amines) is 1. The van der Waals surface area contributed by atoms with Gasteiger partial charge in [-0.1, -0.05) is 6.07 Å². The molecule has 1 saturated heterocycles. The molecule has 2 atom stereocenters. The average Bonchev–Trinajstić information content (AvgIpc) is 2.72. The van der Waals surface area contributed by atoms with Crippen LogP contribution < -0.4 is 10.2 Å². The number of hydrogen-bond acceptors (Lipinski definition) is 7. The van der Waals surface area contributed by atoms with Gasteiger partial charge in [-0.25, -0.2) is 5.48 Å². The van der Waals surface area contributed by atoms with Gasteiger partial charge in [-0.2, -0.15) is 0 Å². The van der Waals surface area contributed by atoms with Gasteiger partial charge in [-0.15, -0.1) is 0 Å². The van der Waals surface area contributed by atoms with Crippen molar-refractivity contribution in [3.8, 4) is 5.75 Å². The van der Waals surface area contributed by atoms with Gasteiger partial charge in [0.15, 0.2) is 6.35 Å². The largest absolute Gasteiger partial charge is 0.492 e. The summed E-state index contributed by atoms with van der Waals surface area (Å²) >= 11 is 0. The number of rotatable bonds is 4. The summed E-state index contributed by atoms with van der Waals surface area (Å²) < 4.78 is 11.0. The Hall–Kier alpha value is -1.71. The molecule has 0 saturated carbocycles. The van der Waals surface area contributed by atoms with E-state index in [9.17, 15) is 9.90 Å². The molecule has 2 aliphatic heterocycles. The molecule has 1 unspecified atom stereocenters. The van der Waals surface area contributed by atoms with Crippen LogP contribution in [0, 0.1) is 0 Å². The molecule has 2 aliphatic rings. The molecular formula is C16H23N3O5. The highest BCUT2D eigenvalue weighted by Gasteiger charge is 2.37. The van der Waals surface area contributed by atoms with Crippen LogP contribution in [-0.2, 0) is 11.3 Å². The van der Waals surface area contributed by atoms with Gasteiger partial charge in [0.05, 0.1) is 6.10 Å². The van der Waals surface area contributed by atoms with E-state index in [-0.39, 0.29) is 12.1 Å². The maximum absolute atomic E-state index is 11.5. The van der Waals surface area contributed by atoms with Crippen LogP contribution in [0.15, 0.2) is 18.2 Å². The van der Waals surface area contributed by atoms with E-state index >= 15 is 0 Å². The Kier molecular flexibility index (Phi) is 5.02. The number of methoxy groups -OCH3 is 1. The molecule has 132 valence electrons. The van der Waals surface area contributed by atoms with E-state index in [1.165, 1.54) is 0 Å². The van der Waals surface area contributed by atoms with E-state index in [0.29, 0.717) is 37.6 Å². The number of amides is 1. The molecule has 0 aromatic heterocycles. The van der Waals surface area contributed by atoms with Crippen molar-refractivity contribution < 1.29 is 24.6 Å².